The van der Waals surface area contributed by atoms with Crippen molar-refractivity contribution in [3.63, 3.8) is 0 Å². The lowest BCUT2D eigenvalue weighted by molar-refractivity contribution is 0.0904. The van der Waals surface area contributed by atoms with Gasteiger partial charge in [0.15, 0.2) is 0 Å². The molecule has 0 bridgehead atoms. The second kappa shape index (κ2) is 6.43. The number of hydrogen-bond acceptors (Lipinski definition) is 6. The van der Waals surface area contributed by atoms with E-state index in [2.05, 4.69) is 10.3 Å². The molecule has 3 rings (SSSR count). The van der Waals surface area contributed by atoms with Gasteiger partial charge in [-0.05, 0) is 30.5 Å². The molecule has 0 spiro atoms. The molecule has 1 amide bonds. The number of carbonyl (C=O) groups is 1. The van der Waals surface area contributed by atoms with Crippen molar-refractivity contribution in [1.82, 2.24) is 10.3 Å². The lowest BCUT2D eigenvalue weighted by atomic mass is 10.2. The summed E-state index contributed by atoms with van der Waals surface area (Å²) in [6.45, 7) is 1.90. The molecule has 0 saturated heterocycles. The third-order valence-corrected chi connectivity index (χ3v) is 4.99. The number of nitrogens with one attached hydrogen (secondary N) is 1. The van der Waals surface area contributed by atoms with Crippen LogP contribution in [-0.4, -0.2) is 22.5 Å². The number of aliphatic hydroxyl groups is 1. The summed E-state index contributed by atoms with van der Waals surface area (Å²) < 4.78 is 5.10. The summed E-state index contributed by atoms with van der Waals surface area (Å²) in [5, 5.41) is 17.4. The number of carbonyl (C=O) groups excluding carboxylic acids is 1. The van der Waals surface area contributed by atoms with Crippen molar-refractivity contribution in [2.75, 3.05) is 6.54 Å². The fourth-order valence-corrected chi connectivity index (χ4v) is 3.66. The number of thiazole rings is 1. The third kappa shape index (κ3) is 3.11. The summed E-state index contributed by atoms with van der Waals surface area (Å²) in [4.78, 5) is 17.2. The van der Waals surface area contributed by atoms with E-state index in [-0.39, 0.29) is 12.5 Å². The van der Waals surface area contributed by atoms with Crippen LogP contribution in [0.4, 0.5) is 0 Å². The molecule has 1 atom stereocenters. The fourth-order valence-electron chi connectivity index (χ4n) is 1.97. The minimum absolute atomic E-state index is 0.0947. The Hall–Kier alpha value is -1.96. The minimum atomic E-state index is -0.858. The lowest BCUT2D eigenvalue weighted by Gasteiger charge is -2.08. The van der Waals surface area contributed by atoms with Gasteiger partial charge in [0.1, 0.15) is 21.7 Å². The number of rotatable bonds is 5. The molecule has 3 aromatic rings. The zero-order valence-corrected chi connectivity index (χ0v) is 13.4. The Morgan fingerprint density at radius 3 is 3.05 bits per heavy atom. The molecule has 1 unspecified atom stereocenters. The van der Waals surface area contributed by atoms with Gasteiger partial charge in [0.2, 0.25) is 0 Å². The average Bonchev–Trinajstić information content (AvgIpc) is 3.23. The zero-order chi connectivity index (χ0) is 15.5. The summed E-state index contributed by atoms with van der Waals surface area (Å²) in [5.41, 5.74) is 1.71. The van der Waals surface area contributed by atoms with Crippen LogP contribution in [0.2, 0.25) is 0 Å². The highest BCUT2D eigenvalue weighted by atomic mass is 32.1. The molecule has 5 nitrogen and oxygen atoms in total. The number of aliphatic hydroxyl groups excluding tert-OH is 1. The Kier molecular flexibility index (Phi) is 4.37. The molecule has 2 N–H and O–H groups in total. The standard InChI is InChI=1S/C15H14N2O3S2/c1-9-13(22-15(17-9)10-4-6-21-8-10)14(19)16-7-11(18)12-3-2-5-20-12/h2-6,8,11,18H,7H2,1H3,(H,16,19). The van der Waals surface area contributed by atoms with Gasteiger partial charge >= 0.3 is 0 Å². The Morgan fingerprint density at radius 1 is 1.50 bits per heavy atom. The van der Waals surface area contributed by atoms with Gasteiger partial charge in [-0.3, -0.25) is 4.79 Å². The molecule has 3 heterocycles. The summed E-state index contributed by atoms with van der Waals surface area (Å²) >= 11 is 2.95. The SMILES string of the molecule is Cc1nc(-c2ccsc2)sc1C(=O)NCC(O)c1ccco1. The van der Waals surface area contributed by atoms with Crippen molar-refractivity contribution in [1.29, 1.82) is 0 Å². The van der Waals surface area contributed by atoms with E-state index in [0.29, 0.717) is 16.3 Å². The van der Waals surface area contributed by atoms with Crippen LogP contribution >= 0.6 is 22.7 Å². The van der Waals surface area contributed by atoms with Crippen LogP contribution in [-0.2, 0) is 0 Å². The predicted octanol–water partition coefficient (Wildman–Crippen LogP) is 3.24. The van der Waals surface area contributed by atoms with Gasteiger partial charge in [-0.25, -0.2) is 4.98 Å². The molecule has 114 valence electrons. The summed E-state index contributed by atoms with van der Waals surface area (Å²) in [7, 11) is 0. The molecule has 0 aliphatic heterocycles. The molecule has 3 aromatic heterocycles. The van der Waals surface area contributed by atoms with Gasteiger partial charge < -0.3 is 14.8 Å². The molecule has 0 fully saturated rings. The molecule has 0 aliphatic carbocycles. The van der Waals surface area contributed by atoms with E-state index in [1.807, 2.05) is 23.8 Å². The smallest absolute Gasteiger partial charge is 0.263 e. The number of amides is 1. The van der Waals surface area contributed by atoms with Crippen molar-refractivity contribution in [3.05, 3.63) is 51.6 Å². The normalized spacial score (nSPS) is 12.3. The molecule has 7 heteroatoms. The van der Waals surface area contributed by atoms with Crippen molar-refractivity contribution >= 4 is 28.6 Å². The molecule has 0 aromatic carbocycles. The van der Waals surface area contributed by atoms with Crippen LogP contribution in [0.5, 0.6) is 0 Å². The van der Waals surface area contributed by atoms with Crippen LogP contribution < -0.4 is 5.32 Å². The van der Waals surface area contributed by atoms with Crippen LogP contribution in [0.25, 0.3) is 10.6 Å². The third-order valence-electron chi connectivity index (χ3n) is 3.10. The second-order valence-corrected chi connectivity index (χ2v) is 6.47. The average molecular weight is 334 g/mol. The van der Waals surface area contributed by atoms with Gasteiger partial charge in [-0.1, -0.05) is 0 Å². The van der Waals surface area contributed by atoms with E-state index in [9.17, 15) is 9.90 Å². The maximum atomic E-state index is 12.2. The first-order valence-corrected chi connectivity index (χ1v) is 8.40. The molecule has 0 saturated carbocycles. The van der Waals surface area contributed by atoms with Crippen molar-refractivity contribution in [3.8, 4) is 10.6 Å². The maximum absolute atomic E-state index is 12.2. The predicted molar refractivity (Wildman–Crippen MR) is 86.2 cm³/mol. The summed E-state index contributed by atoms with van der Waals surface area (Å²) in [6, 6.07) is 5.34. The van der Waals surface area contributed by atoms with E-state index in [1.54, 1.807) is 23.5 Å². The first-order chi connectivity index (χ1) is 10.6. The summed E-state index contributed by atoms with van der Waals surface area (Å²) in [5.74, 6) is 0.197. The highest BCUT2D eigenvalue weighted by Crippen LogP contribution is 2.29. The van der Waals surface area contributed by atoms with Gasteiger partial charge in [0, 0.05) is 10.9 Å². The van der Waals surface area contributed by atoms with E-state index < -0.39 is 6.10 Å². The van der Waals surface area contributed by atoms with Gasteiger partial charge in [-0.2, -0.15) is 11.3 Å². The quantitative estimate of drug-likeness (QED) is 0.751. The topological polar surface area (TPSA) is 75.4 Å². The monoisotopic (exact) mass is 334 g/mol. The Bertz CT molecular complexity index is 748. The number of thiophene rings is 1. The van der Waals surface area contributed by atoms with E-state index in [1.165, 1.54) is 17.6 Å². The molecular weight excluding hydrogens is 320 g/mol. The van der Waals surface area contributed by atoms with Gasteiger partial charge in [-0.15, -0.1) is 11.3 Å². The number of furan rings is 1. The Morgan fingerprint density at radius 2 is 2.36 bits per heavy atom. The summed E-state index contributed by atoms with van der Waals surface area (Å²) in [6.07, 6.45) is 0.629. The Balaban J connectivity index is 1.68. The molecule has 0 aliphatic rings. The van der Waals surface area contributed by atoms with Gasteiger partial charge in [0.25, 0.3) is 5.91 Å². The molecule has 0 radical (unpaired) electrons. The van der Waals surface area contributed by atoms with E-state index in [4.69, 9.17) is 4.42 Å². The Labute approximate surface area is 135 Å². The zero-order valence-electron chi connectivity index (χ0n) is 11.8. The number of nitrogens with zero attached hydrogens (tertiary/aromatic N) is 1. The van der Waals surface area contributed by atoms with Crippen LogP contribution in [0.1, 0.15) is 27.2 Å². The fraction of sp³-hybridized carbons (Fsp3) is 0.200. The first-order valence-electron chi connectivity index (χ1n) is 6.65. The van der Waals surface area contributed by atoms with Gasteiger partial charge in [0.05, 0.1) is 18.5 Å². The van der Waals surface area contributed by atoms with E-state index in [0.717, 1.165) is 10.6 Å². The van der Waals surface area contributed by atoms with Crippen molar-refractivity contribution < 1.29 is 14.3 Å². The van der Waals surface area contributed by atoms with Crippen molar-refractivity contribution in [2.24, 2.45) is 0 Å². The van der Waals surface area contributed by atoms with Crippen LogP contribution in [0.3, 0.4) is 0 Å². The lowest BCUT2D eigenvalue weighted by Crippen LogP contribution is -2.28. The first kappa shape index (κ1) is 15.0. The number of aromatic nitrogens is 1. The maximum Gasteiger partial charge on any atom is 0.263 e. The van der Waals surface area contributed by atoms with Crippen molar-refractivity contribution in [2.45, 2.75) is 13.0 Å². The highest BCUT2D eigenvalue weighted by Gasteiger charge is 2.18. The second-order valence-electron chi connectivity index (χ2n) is 4.69. The highest BCUT2D eigenvalue weighted by molar-refractivity contribution is 7.17. The van der Waals surface area contributed by atoms with Crippen LogP contribution in [0, 0.1) is 6.92 Å². The van der Waals surface area contributed by atoms with E-state index >= 15 is 0 Å². The number of aryl methyl sites for hydroxylation is 1. The largest absolute Gasteiger partial charge is 0.467 e. The van der Waals surface area contributed by atoms with Crippen LogP contribution in [0.15, 0.2) is 39.6 Å². The minimum Gasteiger partial charge on any atom is -0.467 e. The molecule has 22 heavy (non-hydrogen) atoms. The molecular formula is C15H14N2O3S2. The number of hydrogen-bond donors (Lipinski definition) is 2.